The van der Waals surface area contributed by atoms with Crippen LogP contribution in [0.1, 0.15) is 35.6 Å². The predicted molar refractivity (Wildman–Crippen MR) is 125 cm³/mol. The Balaban J connectivity index is 1.50. The van der Waals surface area contributed by atoms with Crippen LogP contribution in [0.25, 0.3) is 0 Å². The number of ether oxygens (including phenoxy) is 2. The zero-order chi connectivity index (χ0) is 23.0. The van der Waals surface area contributed by atoms with E-state index < -0.39 is 6.09 Å². The van der Waals surface area contributed by atoms with E-state index in [0.717, 1.165) is 28.6 Å². The lowest BCUT2D eigenvalue weighted by atomic mass is 9.91. The van der Waals surface area contributed by atoms with Crippen LogP contribution in [0, 0.1) is 0 Å². The Kier molecular flexibility index (Phi) is 7.78. The Morgan fingerprint density at radius 3 is 2.64 bits per heavy atom. The van der Waals surface area contributed by atoms with Crippen LogP contribution in [0.4, 0.5) is 4.79 Å². The number of benzene rings is 2. The molecular weight excluding hydrogens is 488 g/mol. The van der Waals surface area contributed by atoms with Crippen molar-refractivity contribution < 1.29 is 23.6 Å². The first kappa shape index (κ1) is 23.0. The van der Waals surface area contributed by atoms with E-state index in [1.165, 1.54) is 11.2 Å². The number of hydrogen-bond donors (Lipinski definition) is 0. The van der Waals surface area contributed by atoms with Gasteiger partial charge in [-0.1, -0.05) is 63.6 Å². The maximum atomic E-state index is 13.3. The van der Waals surface area contributed by atoms with Crippen LogP contribution in [-0.2, 0) is 16.0 Å². The smallest absolute Gasteiger partial charge is 0.416 e. The molecule has 1 aliphatic rings. The monoisotopic (exact) mass is 512 g/mol. The molecule has 7 nitrogen and oxygen atoms in total. The van der Waals surface area contributed by atoms with E-state index in [1.807, 2.05) is 54.6 Å². The van der Waals surface area contributed by atoms with Crippen molar-refractivity contribution in [1.82, 2.24) is 10.1 Å². The highest BCUT2D eigenvalue weighted by Crippen LogP contribution is 2.30. The van der Waals surface area contributed by atoms with Gasteiger partial charge in [0.25, 0.3) is 0 Å². The second-order valence-electron chi connectivity index (χ2n) is 7.83. The highest BCUT2D eigenvalue weighted by Gasteiger charge is 2.39. The lowest BCUT2D eigenvalue weighted by Crippen LogP contribution is -2.40. The average Bonchev–Trinajstić information content (AvgIpc) is 3.49. The van der Waals surface area contributed by atoms with Crippen molar-refractivity contribution in [2.75, 3.05) is 18.5 Å². The molecule has 0 bridgehead atoms. The molecular formula is C25H25BrN2O5. The quantitative estimate of drug-likeness (QED) is 0.282. The van der Waals surface area contributed by atoms with Crippen LogP contribution in [0.5, 0.6) is 5.75 Å². The first-order valence-electron chi connectivity index (χ1n) is 10.9. The van der Waals surface area contributed by atoms with Gasteiger partial charge in [0.15, 0.2) is 0 Å². The fourth-order valence-electron chi connectivity index (χ4n) is 3.91. The average molecular weight is 513 g/mol. The molecule has 33 heavy (non-hydrogen) atoms. The Morgan fingerprint density at radius 1 is 1.15 bits per heavy atom. The number of amides is 2. The molecule has 3 aromatic rings. The fourth-order valence-corrected chi connectivity index (χ4v) is 4.14. The van der Waals surface area contributed by atoms with E-state index in [2.05, 4.69) is 21.1 Å². The number of imide groups is 1. The summed E-state index contributed by atoms with van der Waals surface area (Å²) >= 11 is 3.39. The van der Waals surface area contributed by atoms with Gasteiger partial charge in [0.05, 0.1) is 18.3 Å². The first-order chi connectivity index (χ1) is 16.2. The minimum absolute atomic E-state index is 0.0662. The second-order valence-corrected chi connectivity index (χ2v) is 8.62. The summed E-state index contributed by atoms with van der Waals surface area (Å²) in [4.78, 5) is 27.0. The first-order valence-corrected chi connectivity index (χ1v) is 12.0. The van der Waals surface area contributed by atoms with Crippen molar-refractivity contribution in [3.05, 3.63) is 83.7 Å². The normalized spacial score (nSPS) is 16.5. The molecule has 8 heteroatoms. The number of aromatic nitrogens is 1. The molecule has 0 N–H and O–H groups in total. The van der Waals surface area contributed by atoms with Gasteiger partial charge < -0.3 is 14.0 Å². The van der Waals surface area contributed by atoms with Crippen LogP contribution in [0.2, 0.25) is 0 Å². The van der Waals surface area contributed by atoms with Crippen LogP contribution < -0.4 is 4.74 Å². The molecule has 0 unspecified atom stereocenters. The van der Waals surface area contributed by atoms with Gasteiger partial charge in [-0.15, -0.1) is 0 Å². The van der Waals surface area contributed by atoms with E-state index in [9.17, 15) is 9.59 Å². The number of carbonyl (C=O) groups excluding carboxylic acids is 2. The maximum absolute atomic E-state index is 13.3. The van der Waals surface area contributed by atoms with Gasteiger partial charge in [-0.25, -0.2) is 9.69 Å². The Bertz CT molecular complexity index is 1040. The zero-order valence-corrected chi connectivity index (χ0v) is 19.6. The fraction of sp³-hybridized carbons (Fsp3) is 0.320. The second kappa shape index (κ2) is 11.1. The van der Waals surface area contributed by atoms with Crippen molar-refractivity contribution in [2.24, 2.45) is 0 Å². The minimum atomic E-state index is -0.602. The van der Waals surface area contributed by atoms with Crippen LogP contribution in [0.3, 0.4) is 0 Å². The number of cyclic esters (lactones) is 1. The third-order valence-electron chi connectivity index (χ3n) is 5.57. The van der Waals surface area contributed by atoms with E-state index >= 15 is 0 Å². The Hall–Kier alpha value is -3.13. The zero-order valence-electron chi connectivity index (χ0n) is 18.1. The lowest BCUT2D eigenvalue weighted by molar-refractivity contribution is -0.129. The Morgan fingerprint density at radius 2 is 1.94 bits per heavy atom. The summed E-state index contributed by atoms with van der Waals surface area (Å²) in [6.45, 7) is 0.810. The number of halogens is 1. The number of rotatable bonds is 10. The highest BCUT2D eigenvalue weighted by molar-refractivity contribution is 9.09. The number of hydrogen-bond acceptors (Lipinski definition) is 6. The van der Waals surface area contributed by atoms with Crippen LogP contribution >= 0.6 is 15.9 Å². The van der Waals surface area contributed by atoms with Gasteiger partial charge in [-0.05, 0) is 36.1 Å². The van der Waals surface area contributed by atoms with E-state index in [1.54, 1.807) is 6.07 Å². The summed E-state index contributed by atoms with van der Waals surface area (Å²) in [6.07, 6.45) is 2.40. The van der Waals surface area contributed by atoms with Crippen LogP contribution in [0.15, 0.2) is 71.4 Å². The number of nitrogens with zero attached hydrogens (tertiary/aromatic N) is 2. The van der Waals surface area contributed by atoms with E-state index in [-0.39, 0.29) is 30.9 Å². The molecule has 2 aromatic carbocycles. The van der Waals surface area contributed by atoms with Gasteiger partial charge in [-0.3, -0.25) is 4.79 Å². The van der Waals surface area contributed by atoms with Gasteiger partial charge in [0, 0.05) is 23.7 Å². The molecule has 4 rings (SSSR count). The van der Waals surface area contributed by atoms with Gasteiger partial charge in [0.2, 0.25) is 5.91 Å². The summed E-state index contributed by atoms with van der Waals surface area (Å²) in [5.74, 6) is 0.0960. The van der Waals surface area contributed by atoms with Crippen molar-refractivity contribution in [1.29, 1.82) is 0 Å². The molecule has 0 saturated carbocycles. The number of carbonyl (C=O) groups is 2. The predicted octanol–water partition coefficient (Wildman–Crippen LogP) is 4.95. The molecule has 1 aliphatic heterocycles. The van der Waals surface area contributed by atoms with Gasteiger partial charge >= 0.3 is 6.09 Å². The van der Waals surface area contributed by atoms with E-state index in [0.29, 0.717) is 18.7 Å². The summed E-state index contributed by atoms with van der Waals surface area (Å²) < 4.78 is 16.0. The molecule has 1 aromatic heterocycles. The third kappa shape index (κ3) is 5.82. The minimum Gasteiger partial charge on any atom is -0.494 e. The van der Waals surface area contributed by atoms with Crippen molar-refractivity contribution in [2.45, 2.75) is 31.2 Å². The molecule has 2 atom stereocenters. The van der Waals surface area contributed by atoms with Gasteiger partial charge in [0.1, 0.15) is 18.6 Å². The SMILES string of the molecule is O=C(C[C@@H](c1ccc(OCCCBr)cc1)c1ccon1)N1C(=O)OC[C@@H]1Cc1ccccc1. The Labute approximate surface area is 200 Å². The molecule has 172 valence electrons. The molecule has 1 fully saturated rings. The summed E-state index contributed by atoms with van der Waals surface area (Å²) in [6, 6.07) is 18.8. The summed E-state index contributed by atoms with van der Waals surface area (Å²) in [5.41, 5.74) is 2.56. The number of alkyl halides is 1. The highest BCUT2D eigenvalue weighted by atomic mass is 79.9. The molecule has 0 radical (unpaired) electrons. The maximum Gasteiger partial charge on any atom is 0.416 e. The third-order valence-corrected chi connectivity index (χ3v) is 6.13. The van der Waals surface area contributed by atoms with Crippen molar-refractivity contribution in [3.63, 3.8) is 0 Å². The molecule has 2 amide bonds. The summed E-state index contributed by atoms with van der Waals surface area (Å²) in [7, 11) is 0. The molecule has 0 spiro atoms. The van der Waals surface area contributed by atoms with Crippen molar-refractivity contribution >= 4 is 27.9 Å². The molecule has 2 heterocycles. The van der Waals surface area contributed by atoms with E-state index in [4.69, 9.17) is 14.0 Å². The largest absolute Gasteiger partial charge is 0.494 e. The summed E-state index contributed by atoms with van der Waals surface area (Å²) in [5, 5.41) is 4.94. The van der Waals surface area contributed by atoms with Crippen molar-refractivity contribution in [3.8, 4) is 5.75 Å². The van der Waals surface area contributed by atoms with Gasteiger partial charge in [-0.2, -0.15) is 0 Å². The molecule has 1 saturated heterocycles. The standard InChI is InChI=1S/C25H25BrN2O5/c26-12-4-13-31-21-9-7-19(8-10-21)22(23-11-14-33-27-23)16-24(29)28-20(17-32-25(28)30)15-18-5-2-1-3-6-18/h1-3,5-11,14,20,22H,4,12-13,15-17H2/t20-,22-/m0/s1. The van der Waals surface area contributed by atoms with Crippen LogP contribution in [-0.4, -0.2) is 46.6 Å². The topological polar surface area (TPSA) is 81.9 Å². The lowest BCUT2D eigenvalue weighted by Gasteiger charge is -2.22. The molecule has 0 aliphatic carbocycles.